The molecular weight excluding hydrogens is 286 g/mol. The number of ether oxygens (including phenoxy) is 1. The fourth-order valence-corrected chi connectivity index (χ4v) is 2.26. The van der Waals surface area contributed by atoms with Crippen molar-refractivity contribution in [2.75, 3.05) is 11.9 Å². The SMILES string of the molecule is CCOc1ccc(NC(=O)c2cccc(C)c2)cc1CCl. The molecule has 1 amide bonds. The van der Waals surface area contributed by atoms with Crippen molar-refractivity contribution in [2.45, 2.75) is 19.7 Å². The number of amides is 1. The van der Waals surface area contributed by atoms with Crippen LogP contribution in [0.25, 0.3) is 0 Å². The predicted molar refractivity (Wildman–Crippen MR) is 86.3 cm³/mol. The predicted octanol–water partition coefficient (Wildman–Crippen LogP) is 4.38. The number of rotatable bonds is 5. The first kappa shape index (κ1) is 15.4. The molecule has 0 aliphatic carbocycles. The fraction of sp³-hybridized carbons (Fsp3) is 0.235. The largest absolute Gasteiger partial charge is 0.494 e. The lowest BCUT2D eigenvalue weighted by atomic mass is 10.1. The summed E-state index contributed by atoms with van der Waals surface area (Å²) < 4.78 is 5.49. The highest BCUT2D eigenvalue weighted by molar-refractivity contribution is 6.17. The molecule has 0 bridgehead atoms. The summed E-state index contributed by atoms with van der Waals surface area (Å²) in [6.45, 7) is 4.46. The molecule has 0 saturated carbocycles. The van der Waals surface area contributed by atoms with E-state index in [0.717, 1.165) is 16.9 Å². The van der Waals surface area contributed by atoms with Crippen LogP contribution in [0.3, 0.4) is 0 Å². The molecule has 0 unspecified atom stereocenters. The van der Waals surface area contributed by atoms with Gasteiger partial charge in [0.1, 0.15) is 5.75 Å². The van der Waals surface area contributed by atoms with Crippen molar-refractivity contribution in [3.8, 4) is 5.75 Å². The molecule has 0 aliphatic heterocycles. The van der Waals surface area contributed by atoms with Crippen LogP contribution in [-0.4, -0.2) is 12.5 Å². The average molecular weight is 304 g/mol. The number of anilines is 1. The first-order valence-electron chi connectivity index (χ1n) is 6.83. The van der Waals surface area contributed by atoms with Gasteiger partial charge in [0.05, 0.1) is 12.5 Å². The lowest BCUT2D eigenvalue weighted by molar-refractivity contribution is 0.102. The van der Waals surface area contributed by atoms with Crippen molar-refractivity contribution < 1.29 is 9.53 Å². The zero-order chi connectivity index (χ0) is 15.2. The van der Waals surface area contributed by atoms with Crippen LogP contribution >= 0.6 is 11.6 Å². The van der Waals surface area contributed by atoms with Crippen LogP contribution in [-0.2, 0) is 5.88 Å². The maximum Gasteiger partial charge on any atom is 0.255 e. The summed E-state index contributed by atoms with van der Waals surface area (Å²) in [7, 11) is 0. The van der Waals surface area contributed by atoms with Crippen molar-refractivity contribution in [3.63, 3.8) is 0 Å². The molecule has 2 rings (SSSR count). The lowest BCUT2D eigenvalue weighted by Crippen LogP contribution is -2.12. The van der Waals surface area contributed by atoms with E-state index in [1.807, 2.05) is 50.2 Å². The molecule has 3 nitrogen and oxygen atoms in total. The van der Waals surface area contributed by atoms with E-state index in [1.54, 1.807) is 6.07 Å². The summed E-state index contributed by atoms with van der Waals surface area (Å²) in [4.78, 5) is 12.2. The number of carbonyl (C=O) groups is 1. The Balaban J connectivity index is 2.17. The van der Waals surface area contributed by atoms with Gasteiger partial charge in [0.25, 0.3) is 5.91 Å². The molecule has 1 N–H and O–H groups in total. The van der Waals surface area contributed by atoms with Crippen molar-refractivity contribution in [3.05, 3.63) is 59.2 Å². The number of carbonyl (C=O) groups excluding carboxylic acids is 1. The Kier molecular flexibility index (Phi) is 5.23. The van der Waals surface area contributed by atoms with Crippen LogP contribution < -0.4 is 10.1 Å². The van der Waals surface area contributed by atoms with Crippen LogP contribution in [0.15, 0.2) is 42.5 Å². The smallest absolute Gasteiger partial charge is 0.255 e. The standard InChI is InChI=1S/C17H18ClNO2/c1-3-21-16-8-7-15(10-14(16)11-18)19-17(20)13-6-4-5-12(2)9-13/h4-10H,3,11H2,1-2H3,(H,19,20). The quantitative estimate of drug-likeness (QED) is 0.832. The molecule has 110 valence electrons. The first-order chi connectivity index (χ1) is 10.1. The van der Waals surface area contributed by atoms with Gasteiger partial charge in [0.2, 0.25) is 0 Å². The third-order valence-corrected chi connectivity index (χ3v) is 3.33. The van der Waals surface area contributed by atoms with E-state index in [4.69, 9.17) is 16.3 Å². The number of aryl methyl sites for hydroxylation is 1. The molecule has 0 atom stereocenters. The summed E-state index contributed by atoms with van der Waals surface area (Å²) in [5.74, 6) is 0.952. The second-order valence-corrected chi connectivity index (χ2v) is 4.98. The molecule has 2 aromatic carbocycles. The third-order valence-electron chi connectivity index (χ3n) is 3.04. The van der Waals surface area contributed by atoms with E-state index in [-0.39, 0.29) is 5.91 Å². The average Bonchev–Trinajstić information content (AvgIpc) is 2.49. The molecule has 0 fully saturated rings. The van der Waals surface area contributed by atoms with Gasteiger partial charge in [0, 0.05) is 16.8 Å². The van der Waals surface area contributed by atoms with Gasteiger partial charge in [-0.15, -0.1) is 11.6 Å². The Labute approximate surface area is 129 Å². The first-order valence-corrected chi connectivity index (χ1v) is 7.37. The van der Waals surface area contributed by atoms with E-state index in [9.17, 15) is 4.79 Å². The van der Waals surface area contributed by atoms with E-state index in [1.165, 1.54) is 0 Å². The van der Waals surface area contributed by atoms with Gasteiger partial charge in [-0.25, -0.2) is 0 Å². The van der Waals surface area contributed by atoms with Crippen molar-refractivity contribution in [1.82, 2.24) is 0 Å². The van der Waals surface area contributed by atoms with Crippen molar-refractivity contribution in [1.29, 1.82) is 0 Å². The molecule has 21 heavy (non-hydrogen) atoms. The summed E-state index contributed by atoms with van der Waals surface area (Å²) in [6, 6.07) is 12.9. The van der Waals surface area contributed by atoms with Crippen LogP contribution in [0.1, 0.15) is 28.4 Å². The molecular formula is C17H18ClNO2. The Morgan fingerprint density at radius 3 is 2.71 bits per heavy atom. The number of hydrogen-bond donors (Lipinski definition) is 1. The van der Waals surface area contributed by atoms with Crippen molar-refractivity contribution in [2.24, 2.45) is 0 Å². The second kappa shape index (κ2) is 7.14. The highest BCUT2D eigenvalue weighted by Crippen LogP contribution is 2.25. The molecule has 0 spiro atoms. The minimum atomic E-state index is -0.136. The summed E-state index contributed by atoms with van der Waals surface area (Å²) in [6.07, 6.45) is 0. The van der Waals surface area contributed by atoms with Gasteiger partial charge in [-0.3, -0.25) is 4.79 Å². The molecule has 0 aliphatic rings. The highest BCUT2D eigenvalue weighted by atomic mass is 35.5. The monoisotopic (exact) mass is 303 g/mol. The fourth-order valence-electron chi connectivity index (χ4n) is 2.05. The minimum absolute atomic E-state index is 0.136. The molecule has 0 radical (unpaired) electrons. The number of alkyl halides is 1. The van der Waals surface area contributed by atoms with Gasteiger partial charge in [-0.1, -0.05) is 17.7 Å². The zero-order valence-corrected chi connectivity index (χ0v) is 12.9. The van der Waals surface area contributed by atoms with Gasteiger partial charge in [0.15, 0.2) is 0 Å². The molecule has 0 heterocycles. The Hall–Kier alpha value is -2.00. The lowest BCUT2D eigenvalue weighted by Gasteiger charge is -2.11. The van der Waals surface area contributed by atoms with Gasteiger partial charge in [-0.2, -0.15) is 0 Å². The Bertz CT molecular complexity index is 640. The number of nitrogens with one attached hydrogen (secondary N) is 1. The van der Waals surface area contributed by atoms with Crippen LogP contribution in [0, 0.1) is 6.92 Å². The summed E-state index contributed by atoms with van der Waals surface area (Å²) >= 11 is 5.92. The maximum absolute atomic E-state index is 12.2. The Morgan fingerprint density at radius 2 is 2.05 bits per heavy atom. The van der Waals surface area contributed by atoms with Gasteiger partial charge < -0.3 is 10.1 Å². The molecule has 0 saturated heterocycles. The van der Waals surface area contributed by atoms with E-state index in [0.29, 0.717) is 23.7 Å². The van der Waals surface area contributed by atoms with E-state index < -0.39 is 0 Å². The van der Waals surface area contributed by atoms with Crippen molar-refractivity contribution >= 4 is 23.2 Å². The van der Waals surface area contributed by atoms with Gasteiger partial charge >= 0.3 is 0 Å². The topological polar surface area (TPSA) is 38.3 Å². The maximum atomic E-state index is 12.2. The molecule has 2 aromatic rings. The second-order valence-electron chi connectivity index (χ2n) is 4.71. The van der Waals surface area contributed by atoms with Crippen LogP contribution in [0.2, 0.25) is 0 Å². The highest BCUT2D eigenvalue weighted by Gasteiger charge is 2.09. The number of hydrogen-bond acceptors (Lipinski definition) is 2. The van der Waals surface area contributed by atoms with Gasteiger partial charge in [-0.05, 0) is 44.2 Å². The van der Waals surface area contributed by atoms with Crippen LogP contribution in [0.5, 0.6) is 5.75 Å². The number of halogens is 1. The summed E-state index contributed by atoms with van der Waals surface area (Å²) in [5.41, 5.74) is 3.26. The normalized spacial score (nSPS) is 10.2. The zero-order valence-electron chi connectivity index (χ0n) is 12.2. The molecule has 4 heteroatoms. The molecule has 0 aromatic heterocycles. The van der Waals surface area contributed by atoms with E-state index >= 15 is 0 Å². The van der Waals surface area contributed by atoms with E-state index in [2.05, 4.69) is 5.32 Å². The third kappa shape index (κ3) is 3.99. The minimum Gasteiger partial charge on any atom is -0.494 e. The number of benzene rings is 2. The van der Waals surface area contributed by atoms with Crippen LogP contribution in [0.4, 0.5) is 5.69 Å². The summed E-state index contributed by atoms with van der Waals surface area (Å²) in [5, 5.41) is 2.88. The Morgan fingerprint density at radius 1 is 1.24 bits per heavy atom.